The first-order valence-corrected chi connectivity index (χ1v) is 7.93. The highest BCUT2D eigenvalue weighted by Gasteiger charge is 2.46. The molecule has 1 atom stereocenters. The van der Waals surface area contributed by atoms with Crippen LogP contribution < -0.4 is 0 Å². The Balaban J connectivity index is 1.80. The van der Waals surface area contributed by atoms with Gasteiger partial charge in [-0.25, -0.2) is 0 Å². The topological polar surface area (TPSA) is 32.7 Å². The molecule has 0 radical (unpaired) electrons. The SMILES string of the molecule is CN1CCC2(CC1)O[C@@H](c1ccccc1)c1cc(O)ccc12. The Labute approximate surface area is 131 Å². The number of phenols is 1. The highest BCUT2D eigenvalue weighted by atomic mass is 16.5. The second-order valence-electron chi connectivity index (χ2n) is 6.48. The summed E-state index contributed by atoms with van der Waals surface area (Å²) in [5.41, 5.74) is 3.34. The van der Waals surface area contributed by atoms with Gasteiger partial charge in [0.25, 0.3) is 0 Å². The molecule has 1 saturated heterocycles. The summed E-state index contributed by atoms with van der Waals surface area (Å²) in [6.45, 7) is 2.09. The van der Waals surface area contributed by atoms with Crippen LogP contribution in [-0.4, -0.2) is 30.1 Å². The third-order valence-electron chi connectivity index (χ3n) is 5.05. The Morgan fingerprint density at radius 3 is 2.55 bits per heavy atom. The van der Waals surface area contributed by atoms with Gasteiger partial charge in [-0.15, -0.1) is 0 Å². The monoisotopic (exact) mass is 295 g/mol. The molecule has 2 aliphatic rings. The first kappa shape index (κ1) is 13.8. The maximum absolute atomic E-state index is 9.93. The average molecular weight is 295 g/mol. The van der Waals surface area contributed by atoms with Crippen molar-refractivity contribution in [3.05, 3.63) is 65.2 Å². The molecular formula is C19H21NO2. The third-order valence-corrected chi connectivity index (χ3v) is 5.05. The number of ether oxygens (including phenoxy) is 1. The normalized spacial score (nSPS) is 23.6. The maximum Gasteiger partial charge on any atom is 0.115 e. The van der Waals surface area contributed by atoms with E-state index in [1.54, 1.807) is 6.07 Å². The molecule has 2 aliphatic heterocycles. The lowest BCUT2D eigenvalue weighted by Crippen LogP contribution is -2.40. The summed E-state index contributed by atoms with van der Waals surface area (Å²) < 4.78 is 6.61. The second-order valence-corrected chi connectivity index (χ2v) is 6.48. The highest BCUT2D eigenvalue weighted by molar-refractivity contribution is 5.47. The fraction of sp³-hybridized carbons (Fsp3) is 0.368. The lowest BCUT2D eigenvalue weighted by molar-refractivity contribution is -0.0941. The molecule has 0 aliphatic carbocycles. The molecule has 0 aromatic heterocycles. The van der Waals surface area contributed by atoms with E-state index in [2.05, 4.69) is 30.1 Å². The molecule has 2 aromatic carbocycles. The van der Waals surface area contributed by atoms with Gasteiger partial charge in [-0.05, 0) is 48.7 Å². The van der Waals surface area contributed by atoms with Crippen LogP contribution in [0.2, 0.25) is 0 Å². The van der Waals surface area contributed by atoms with Gasteiger partial charge in [-0.1, -0.05) is 36.4 Å². The summed E-state index contributed by atoms with van der Waals surface area (Å²) in [4.78, 5) is 2.35. The van der Waals surface area contributed by atoms with Crippen molar-refractivity contribution >= 4 is 0 Å². The molecule has 1 spiro atoms. The van der Waals surface area contributed by atoms with Crippen molar-refractivity contribution in [1.29, 1.82) is 0 Å². The van der Waals surface area contributed by atoms with Gasteiger partial charge in [0.05, 0.1) is 5.60 Å². The van der Waals surface area contributed by atoms with Crippen molar-refractivity contribution in [2.75, 3.05) is 20.1 Å². The number of aromatic hydroxyl groups is 1. The lowest BCUT2D eigenvalue weighted by atomic mass is 9.83. The van der Waals surface area contributed by atoms with Crippen LogP contribution in [0.3, 0.4) is 0 Å². The highest BCUT2D eigenvalue weighted by Crippen LogP contribution is 2.51. The van der Waals surface area contributed by atoms with Crippen molar-refractivity contribution in [3.63, 3.8) is 0 Å². The fourth-order valence-electron chi connectivity index (χ4n) is 3.78. The summed E-state index contributed by atoms with van der Waals surface area (Å²) >= 11 is 0. The molecule has 1 N–H and O–H groups in total. The zero-order valence-corrected chi connectivity index (χ0v) is 12.8. The molecule has 4 rings (SSSR count). The van der Waals surface area contributed by atoms with Gasteiger partial charge in [0.15, 0.2) is 0 Å². The molecule has 0 bridgehead atoms. The zero-order valence-electron chi connectivity index (χ0n) is 12.8. The number of piperidine rings is 1. The van der Waals surface area contributed by atoms with Crippen molar-refractivity contribution in [1.82, 2.24) is 4.90 Å². The largest absolute Gasteiger partial charge is 0.508 e. The molecule has 1 fully saturated rings. The minimum absolute atomic E-state index is 0.0771. The number of nitrogens with zero attached hydrogens (tertiary/aromatic N) is 1. The minimum Gasteiger partial charge on any atom is -0.508 e. The molecule has 0 amide bonds. The van der Waals surface area contributed by atoms with Crippen LogP contribution in [0.15, 0.2) is 48.5 Å². The molecule has 22 heavy (non-hydrogen) atoms. The number of hydrogen-bond acceptors (Lipinski definition) is 3. The first-order valence-electron chi connectivity index (χ1n) is 7.93. The average Bonchev–Trinajstić information content (AvgIpc) is 2.85. The summed E-state index contributed by atoms with van der Waals surface area (Å²) in [6, 6.07) is 16.0. The van der Waals surface area contributed by atoms with E-state index in [9.17, 15) is 5.11 Å². The van der Waals surface area contributed by atoms with Crippen LogP contribution in [0.25, 0.3) is 0 Å². The molecule has 0 unspecified atom stereocenters. The Morgan fingerprint density at radius 1 is 1.09 bits per heavy atom. The Bertz CT molecular complexity index is 675. The van der Waals surface area contributed by atoms with Gasteiger partial charge in [0, 0.05) is 13.1 Å². The minimum atomic E-state index is -0.198. The predicted octanol–water partition coefficient (Wildman–Crippen LogP) is 3.43. The lowest BCUT2D eigenvalue weighted by Gasteiger charge is -2.38. The van der Waals surface area contributed by atoms with Gasteiger partial charge in [-0.3, -0.25) is 0 Å². The van der Waals surface area contributed by atoms with Crippen LogP contribution in [0.5, 0.6) is 5.75 Å². The zero-order chi connectivity index (χ0) is 15.2. The Hall–Kier alpha value is -1.84. The van der Waals surface area contributed by atoms with Crippen molar-refractivity contribution < 1.29 is 9.84 Å². The van der Waals surface area contributed by atoms with Crippen LogP contribution in [0.1, 0.15) is 35.6 Å². The van der Waals surface area contributed by atoms with E-state index in [0.717, 1.165) is 37.1 Å². The first-order chi connectivity index (χ1) is 10.7. The van der Waals surface area contributed by atoms with Gasteiger partial charge in [0.2, 0.25) is 0 Å². The molecule has 2 heterocycles. The van der Waals surface area contributed by atoms with Crippen LogP contribution in [0, 0.1) is 0 Å². The fourth-order valence-corrected chi connectivity index (χ4v) is 3.78. The molecule has 114 valence electrons. The molecule has 2 aromatic rings. The Kier molecular flexibility index (Phi) is 3.21. The molecule has 3 heteroatoms. The number of benzene rings is 2. The van der Waals surface area contributed by atoms with Gasteiger partial charge >= 0.3 is 0 Å². The molecular weight excluding hydrogens is 274 g/mol. The van der Waals surface area contributed by atoms with E-state index in [1.807, 2.05) is 24.3 Å². The van der Waals surface area contributed by atoms with Gasteiger partial charge in [0.1, 0.15) is 11.9 Å². The number of phenolic OH excluding ortho intramolecular Hbond substituents is 1. The quantitative estimate of drug-likeness (QED) is 0.875. The summed E-state index contributed by atoms with van der Waals surface area (Å²) in [5, 5.41) is 9.93. The summed E-state index contributed by atoms with van der Waals surface area (Å²) in [7, 11) is 2.16. The van der Waals surface area contributed by atoms with E-state index >= 15 is 0 Å². The standard InChI is InChI=1S/C19H21NO2/c1-20-11-9-19(10-12-20)17-8-7-15(21)13-16(17)18(22-19)14-5-3-2-4-6-14/h2-8,13,18,21H,9-12H2,1H3/t18-/m0/s1. The Morgan fingerprint density at radius 2 is 1.82 bits per heavy atom. The van der Waals surface area contributed by atoms with Crippen molar-refractivity contribution in [2.24, 2.45) is 0 Å². The van der Waals surface area contributed by atoms with Crippen molar-refractivity contribution in [3.8, 4) is 5.75 Å². The summed E-state index contributed by atoms with van der Waals surface area (Å²) in [6.07, 6.45) is 1.93. The van der Waals surface area contributed by atoms with Crippen LogP contribution in [0.4, 0.5) is 0 Å². The summed E-state index contributed by atoms with van der Waals surface area (Å²) in [5.74, 6) is 0.313. The van der Waals surface area contributed by atoms with E-state index in [-0.39, 0.29) is 11.7 Å². The second kappa shape index (κ2) is 5.11. The molecule has 0 saturated carbocycles. The van der Waals surface area contributed by atoms with Crippen LogP contribution >= 0.6 is 0 Å². The van der Waals surface area contributed by atoms with E-state index in [0.29, 0.717) is 5.75 Å². The third kappa shape index (κ3) is 2.13. The molecule has 3 nitrogen and oxygen atoms in total. The maximum atomic E-state index is 9.93. The van der Waals surface area contributed by atoms with E-state index < -0.39 is 0 Å². The number of fused-ring (bicyclic) bond motifs is 2. The van der Waals surface area contributed by atoms with E-state index in [1.165, 1.54) is 5.56 Å². The predicted molar refractivity (Wildman–Crippen MR) is 85.9 cm³/mol. The van der Waals surface area contributed by atoms with E-state index in [4.69, 9.17) is 4.74 Å². The van der Waals surface area contributed by atoms with Gasteiger partial charge < -0.3 is 14.7 Å². The van der Waals surface area contributed by atoms with Gasteiger partial charge in [-0.2, -0.15) is 0 Å². The number of rotatable bonds is 1. The van der Waals surface area contributed by atoms with Crippen LogP contribution in [-0.2, 0) is 10.3 Å². The smallest absolute Gasteiger partial charge is 0.115 e. The number of likely N-dealkylation sites (tertiary alicyclic amines) is 1. The number of hydrogen-bond donors (Lipinski definition) is 1. The van der Waals surface area contributed by atoms with Crippen molar-refractivity contribution in [2.45, 2.75) is 24.5 Å².